The van der Waals surface area contributed by atoms with Crippen molar-refractivity contribution in [3.63, 3.8) is 0 Å². The maximum atomic E-state index is 5.68. The minimum absolute atomic E-state index is 0.626. The molecule has 3 rings (SSSR count). The maximum Gasteiger partial charge on any atom is 0.182 e. The lowest BCUT2D eigenvalue weighted by Gasteiger charge is -2.10. The predicted octanol–water partition coefficient (Wildman–Crippen LogP) is 5.16. The molecular formula is C16H15BrN2OS. The largest absolute Gasteiger partial charge is 0.492 e. The van der Waals surface area contributed by atoms with Gasteiger partial charge in [-0.05, 0) is 55.9 Å². The number of nitrogens with zero attached hydrogens (tertiary/aromatic N) is 1. The molecule has 21 heavy (non-hydrogen) atoms. The van der Waals surface area contributed by atoms with E-state index in [0.717, 1.165) is 32.5 Å². The topological polar surface area (TPSA) is 29.9 Å². The molecule has 108 valence electrons. The Morgan fingerprint density at radius 3 is 2.76 bits per heavy atom. The second-order valence-electron chi connectivity index (χ2n) is 4.73. The van der Waals surface area contributed by atoms with Crippen LogP contribution in [0.1, 0.15) is 12.5 Å². The molecule has 0 saturated heterocycles. The molecule has 3 aromatic rings. The van der Waals surface area contributed by atoms with Crippen LogP contribution in [0.5, 0.6) is 5.75 Å². The minimum atomic E-state index is 0.626. The molecule has 0 saturated carbocycles. The van der Waals surface area contributed by atoms with E-state index in [2.05, 4.69) is 33.9 Å². The highest BCUT2D eigenvalue weighted by Crippen LogP contribution is 2.30. The van der Waals surface area contributed by atoms with Crippen LogP contribution < -0.4 is 4.74 Å². The van der Waals surface area contributed by atoms with Crippen molar-refractivity contribution in [2.75, 3.05) is 6.61 Å². The van der Waals surface area contributed by atoms with Gasteiger partial charge in [-0.3, -0.25) is 4.57 Å². The number of fused-ring (bicyclic) bond motifs is 1. The molecule has 1 N–H and O–H groups in total. The highest BCUT2D eigenvalue weighted by molar-refractivity contribution is 9.10. The summed E-state index contributed by atoms with van der Waals surface area (Å²) in [5.41, 5.74) is 4.17. The minimum Gasteiger partial charge on any atom is -0.492 e. The fourth-order valence-corrected chi connectivity index (χ4v) is 3.11. The van der Waals surface area contributed by atoms with Gasteiger partial charge in [-0.15, -0.1) is 0 Å². The molecule has 0 radical (unpaired) electrons. The summed E-state index contributed by atoms with van der Waals surface area (Å²) in [5, 5.41) is 0. The van der Waals surface area contributed by atoms with Gasteiger partial charge in [0.1, 0.15) is 11.3 Å². The van der Waals surface area contributed by atoms with E-state index < -0.39 is 0 Å². The zero-order chi connectivity index (χ0) is 15.0. The fourth-order valence-electron chi connectivity index (χ4n) is 2.46. The number of aromatic amines is 1. The van der Waals surface area contributed by atoms with Gasteiger partial charge in [0, 0.05) is 4.47 Å². The van der Waals surface area contributed by atoms with E-state index in [-0.39, 0.29) is 0 Å². The summed E-state index contributed by atoms with van der Waals surface area (Å²) in [7, 11) is 0. The van der Waals surface area contributed by atoms with E-state index in [1.807, 2.05) is 41.8 Å². The van der Waals surface area contributed by atoms with Crippen LogP contribution in [0.15, 0.2) is 40.9 Å². The van der Waals surface area contributed by atoms with Crippen LogP contribution in [0.2, 0.25) is 0 Å². The van der Waals surface area contributed by atoms with Crippen LogP contribution in [0.3, 0.4) is 0 Å². The number of benzene rings is 2. The molecule has 0 aliphatic rings. The van der Waals surface area contributed by atoms with Crippen LogP contribution in [0.25, 0.3) is 16.7 Å². The number of aromatic nitrogens is 2. The predicted molar refractivity (Wildman–Crippen MR) is 92.1 cm³/mol. The summed E-state index contributed by atoms with van der Waals surface area (Å²) in [6.45, 7) is 4.68. The summed E-state index contributed by atoms with van der Waals surface area (Å²) in [5.74, 6) is 0.826. The number of imidazole rings is 1. The number of nitrogens with one attached hydrogen (secondary N) is 1. The monoisotopic (exact) mass is 362 g/mol. The van der Waals surface area contributed by atoms with Gasteiger partial charge in [-0.25, -0.2) is 0 Å². The van der Waals surface area contributed by atoms with Gasteiger partial charge in [0.25, 0.3) is 0 Å². The Morgan fingerprint density at radius 1 is 1.24 bits per heavy atom. The molecule has 0 atom stereocenters. The summed E-state index contributed by atoms with van der Waals surface area (Å²) in [4.78, 5) is 3.26. The highest BCUT2D eigenvalue weighted by atomic mass is 79.9. The molecule has 0 fully saturated rings. The summed E-state index contributed by atoms with van der Waals surface area (Å²) in [6, 6.07) is 12.1. The van der Waals surface area contributed by atoms with E-state index in [1.54, 1.807) is 0 Å². The molecule has 1 aromatic heterocycles. The Kier molecular flexibility index (Phi) is 3.87. The van der Waals surface area contributed by atoms with Gasteiger partial charge in [-0.2, -0.15) is 0 Å². The third-order valence-electron chi connectivity index (χ3n) is 3.46. The number of H-pyrrole nitrogens is 1. The van der Waals surface area contributed by atoms with E-state index in [0.29, 0.717) is 11.4 Å². The SMILES string of the molecule is CCOc1cccc2c1[nH]c(=S)n2-c1cccc(Br)c1C. The lowest BCUT2D eigenvalue weighted by molar-refractivity contribution is 0.343. The third kappa shape index (κ3) is 2.40. The standard InChI is InChI=1S/C16H15BrN2OS/c1-3-20-14-9-5-8-13-15(14)18-16(21)19(13)12-7-4-6-11(17)10(12)2/h4-9H,3H2,1-2H3,(H,18,21). The Bertz CT molecular complexity index is 866. The van der Waals surface area contributed by atoms with Crippen molar-refractivity contribution in [3.8, 4) is 11.4 Å². The van der Waals surface area contributed by atoms with Crippen LogP contribution >= 0.6 is 28.1 Å². The van der Waals surface area contributed by atoms with Crippen LogP contribution in [0.4, 0.5) is 0 Å². The number of halogens is 1. The average molecular weight is 363 g/mol. The van der Waals surface area contributed by atoms with E-state index in [4.69, 9.17) is 17.0 Å². The number of ether oxygens (including phenoxy) is 1. The van der Waals surface area contributed by atoms with Crippen LogP contribution in [0, 0.1) is 11.7 Å². The lowest BCUT2D eigenvalue weighted by atomic mass is 10.2. The molecule has 3 nitrogen and oxygen atoms in total. The second kappa shape index (κ2) is 5.66. The van der Waals surface area contributed by atoms with Gasteiger partial charge in [0.05, 0.1) is 17.8 Å². The van der Waals surface area contributed by atoms with Gasteiger partial charge in [0.2, 0.25) is 0 Å². The number of para-hydroxylation sites is 1. The fraction of sp³-hybridized carbons (Fsp3) is 0.188. The summed E-state index contributed by atoms with van der Waals surface area (Å²) in [6.07, 6.45) is 0. The van der Waals surface area contributed by atoms with E-state index in [1.165, 1.54) is 0 Å². The summed E-state index contributed by atoms with van der Waals surface area (Å²) >= 11 is 9.10. The Hall–Kier alpha value is -1.59. The molecular weight excluding hydrogens is 348 g/mol. The van der Waals surface area contributed by atoms with E-state index in [9.17, 15) is 0 Å². The Balaban J connectivity index is 2.34. The number of rotatable bonds is 3. The molecule has 0 bridgehead atoms. The zero-order valence-electron chi connectivity index (χ0n) is 11.8. The van der Waals surface area contributed by atoms with Crippen molar-refractivity contribution in [3.05, 3.63) is 51.2 Å². The molecule has 1 heterocycles. The number of hydrogen-bond acceptors (Lipinski definition) is 2. The van der Waals surface area contributed by atoms with Crippen molar-refractivity contribution in [2.45, 2.75) is 13.8 Å². The Labute approximate surface area is 136 Å². The molecule has 0 aliphatic heterocycles. The smallest absolute Gasteiger partial charge is 0.182 e. The molecule has 0 amide bonds. The number of hydrogen-bond donors (Lipinski definition) is 1. The van der Waals surface area contributed by atoms with E-state index >= 15 is 0 Å². The quantitative estimate of drug-likeness (QED) is 0.652. The van der Waals surface area contributed by atoms with Crippen molar-refractivity contribution in [2.24, 2.45) is 0 Å². The highest BCUT2D eigenvalue weighted by Gasteiger charge is 2.12. The first-order valence-electron chi connectivity index (χ1n) is 6.75. The average Bonchev–Trinajstić information content (AvgIpc) is 2.80. The lowest BCUT2D eigenvalue weighted by Crippen LogP contribution is -1.98. The first-order valence-corrected chi connectivity index (χ1v) is 7.95. The van der Waals surface area contributed by atoms with Crippen molar-refractivity contribution < 1.29 is 4.74 Å². The third-order valence-corrected chi connectivity index (χ3v) is 4.60. The van der Waals surface area contributed by atoms with Crippen LogP contribution in [-0.2, 0) is 0 Å². The van der Waals surface area contributed by atoms with Gasteiger partial charge >= 0.3 is 0 Å². The molecule has 5 heteroatoms. The van der Waals surface area contributed by atoms with Crippen LogP contribution in [-0.4, -0.2) is 16.2 Å². The van der Waals surface area contributed by atoms with Gasteiger partial charge in [-0.1, -0.05) is 28.1 Å². The maximum absolute atomic E-state index is 5.68. The summed E-state index contributed by atoms with van der Waals surface area (Å²) < 4.78 is 9.46. The normalized spacial score (nSPS) is 11.0. The Morgan fingerprint density at radius 2 is 2.00 bits per heavy atom. The van der Waals surface area contributed by atoms with Crippen molar-refractivity contribution in [1.29, 1.82) is 0 Å². The van der Waals surface area contributed by atoms with Crippen molar-refractivity contribution in [1.82, 2.24) is 9.55 Å². The second-order valence-corrected chi connectivity index (χ2v) is 5.97. The molecule has 2 aromatic carbocycles. The molecule has 0 aliphatic carbocycles. The molecule has 0 unspecified atom stereocenters. The first-order chi connectivity index (χ1) is 10.1. The zero-order valence-corrected chi connectivity index (χ0v) is 14.2. The van der Waals surface area contributed by atoms with Gasteiger partial charge in [0.15, 0.2) is 4.77 Å². The molecule has 0 spiro atoms. The van der Waals surface area contributed by atoms with Gasteiger partial charge < -0.3 is 9.72 Å². The van der Waals surface area contributed by atoms with Crippen molar-refractivity contribution >= 4 is 39.2 Å². The first kappa shape index (κ1) is 14.4.